The van der Waals surface area contributed by atoms with Gasteiger partial charge in [-0.3, -0.25) is 9.78 Å². The number of hydrogen-bond donors (Lipinski definition) is 2. The second-order valence-electron chi connectivity index (χ2n) is 8.61. The lowest BCUT2D eigenvalue weighted by atomic mass is 10.0. The van der Waals surface area contributed by atoms with E-state index >= 15 is 0 Å². The molecule has 184 valence electrons. The summed E-state index contributed by atoms with van der Waals surface area (Å²) in [5, 5.41) is 11.7. The van der Waals surface area contributed by atoms with Crippen molar-refractivity contribution in [1.29, 1.82) is 0 Å². The number of anilines is 2. The van der Waals surface area contributed by atoms with Crippen molar-refractivity contribution in [2.45, 2.75) is 32.5 Å². The summed E-state index contributed by atoms with van der Waals surface area (Å²) < 4.78 is 47.9. The molecule has 0 amide bonds. The third-order valence-corrected chi connectivity index (χ3v) is 5.45. The van der Waals surface area contributed by atoms with Crippen LogP contribution in [0.3, 0.4) is 0 Å². The van der Waals surface area contributed by atoms with E-state index in [0.29, 0.717) is 39.5 Å². The first-order valence-corrected chi connectivity index (χ1v) is 10.6. The summed E-state index contributed by atoms with van der Waals surface area (Å²) in [4.78, 5) is 16.0. The minimum absolute atomic E-state index is 0.184. The van der Waals surface area contributed by atoms with Crippen LogP contribution in [0, 0.1) is 13.8 Å². The summed E-state index contributed by atoms with van der Waals surface area (Å²) >= 11 is 0. The van der Waals surface area contributed by atoms with Crippen LogP contribution >= 0.6 is 0 Å². The first kappa shape index (κ1) is 24.2. The van der Waals surface area contributed by atoms with Crippen LogP contribution in [0.25, 0.3) is 16.6 Å². The number of rotatable bonds is 6. The highest BCUT2D eigenvalue weighted by atomic mass is 19.4. The maximum atomic E-state index is 13.2. The number of hydrogen-bond acceptors (Lipinski definition) is 7. The highest BCUT2D eigenvalue weighted by molar-refractivity contribution is 5.75. The van der Waals surface area contributed by atoms with Gasteiger partial charge in [-0.2, -0.15) is 23.4 Å². The maximum Gasteiger partial charge on any atom is 0.409 e. The third kappa shape index (κ3) is 4.97. The highest BCUT2D eigenvalue weighted by Gasteiger charge is 2.49. The molecular formula is C23H24F3N7O2. The number of nitrogens with one attached hydrogen (secondary N) is 1. The predicted molar refractivity (Wildman–Crippen MR) is 125 cm³/mol. The number of ether oxygens (including phenoxy) is 1. The average molecular weight is 487 g/mol. The minimum atomic E-state index is -4.62. The molecular weight excluding hydrogens is 463 g/mol. The molecule has 3 N–H and O–H groups in total. The zero-order chi connectivity index (χ0) is 25.5. The van der Waals surface area contributed by atoms with Crippen molar-refractivity contribution in [3.05, 3.63) is 64.3 Å². The quantitative estimate of drug-likeness (QED) is 0.428. The molecule has 0 saturated heterocycles. The van der Waals surface area contributed by atoms with Gasteiger partial charge < -0.3 is 15.8 Å². The molecule has 0 aromatic carbocycles. The van der Waals surface area contributed by atoms with Crippen molar-refractivity contribution in [2.75, 3.05) is 11.9 Å². The van der Waals surface area contributed by atoms with E-state index in [-0.39, 0.29) is 11.3 Å². The van der Waals surface area contributed by atoms with Gasteiger partial charge >= 0.3 is 6.18 Å². The van der Waals surface area contributed by atoms with E-state index in [2.05, 4.69) is 20.5 Å². The Morgan fingerprint density at radius 1 is 1.11 bits per heavy atom. The van der Waals surface area contributed by atoms with E-state index in [1.807, 2.05) is 6.07 Å². The van der Waals surface area contributed by atoms with Crippen molar-refractivity contribution in [3.63, 3.8) is 0 Å². The molecule has 4 rings (SSSR count). The zero-order valence-electron chi connectivity index (χ0n) is 19.5. The monoisotopic (exact) mass is 487 g/mol. The van der Waals surface area contributed by atoms with Gasteiger partial charge in [0.1, 0.15) is 17.9 Å². The Morgan fingerprint density at radius 3 is 2.51 bits per heavy atom. The molecule has 0 aliphatic heterocycles. The molecule has 0 aliphatic carbocycles. The van der Waals surface area contributed by atoms with Gasteiger partial charge in [-0.25, -0.2) is 9.20 Å². The summed E-state index contributed by atoms with van der Waals surface area (Å²) in [6.45, 7) is 3.59. The van der Waals surface area contributed by atoms with E-state index in [0.717, 1.165) is 6.92 Å². The van der Waals surface area contributed by atoms with Crippen molar-refractivity contribution in [1.82, 2.24) is 24.4 Å². The van der Waals surface area contributed by atoms with Crippen LogP contribution in [0.5, 0.6) is 5.75 Å². The van der Waals surface area contributed by atoms with Crippen molar-refractivity contribution in [2.24, 2.45) is 12.8 Å². The van der Waals surface area contributed by atoms with E-state index in [4.69, 9.17) is 10.5 Å². The summed E-state index contributed by atoms with van der Waals surface area (Å²) in [7, 11) is 1.56. The molecule has 4 aromatic rings. The smallest absolute Gasteiger partial charge is 0.409 e. The molecule has 0 fully saturated rings. The maximum absolute atomic E-state index is 13.2. The van der Waals surface area contributed by atoms with Gasteiger partial charge in [0.15, 0.2) is 11.6 Å². The molecule has 1 atom stereocenters. The van der Waals surface area contributed by atoms with Crippen LogP contribution in [0.4, 0.5) is 24.8 Å². The number of pyridine rings is 2. The molecule has 4 heterocycles. The second-order valence-corrected chi connectivity index (χ2v) is 8.61. The number of nitrogens with zero attached hydrogens (tertiary/aromatic N) is 5. The molecule has 0 spiro atoms. The van der Waals surface area contributed by atoms with Crippen molar-refractivity contribution >= 4 is 17.2 Å². The van der Waals surface area contributed by atoms with Gasteiger partial charge in [0.2, 0.25) is 0 Å². The number of nitrogens with two attached hydrogens (primary N) is 1. The molecule has 9 nitrogen and oxygen atoms in total. The van der Waals surface area contributed by atoms with Crippen molar-refractivity contribution < 1.29 is 17.9 Å². The largest absolute Gasteiger partial charge is 0.489 e. The minimum Gasteiger partial charge on any atom is -0.489 e. The van der Waals surface area contributed by atoms with E-state index in [1.165, 1.54) is 10.9 Å². The Morgan fingerprint density at radius 2 is 1.83 bits per heavy atom. The number of aromatic nitrogens is 5. The molecule has 0 aliphatic rings. The highest BCUT2D eigenvalue weighted by Crippen LogP contribution is 2.34. The summed E-state index contributed by atoms with van der Waals surface area (Å²) in [5.74, 6) is 1.14. The van der Waals surface area contributed by atoms with Gasteiger partial charge in [-0.15, -0.1) is 0 Å². The molecule has 0 radical (unpaired) electrons. The van der Waals surface area contributed by atoms with Crippen LogP contribution in [0.1, 0.15) is 18.2 Å². The molecule has 0 saturated carbocycles. The Labute approximate surface area is 198 Å². The number of alkyl halides is 3. The predicted octanol–water partition coefficient (Wildman–Crippen LogP) is 3.51. The Hall–Kier alpha value is -3.93. The van der Waals surface area contributed by atoms with Gasteiger partial charge in [0, 0.05) is 36.1 Å². The van der Waals surface area contributed by atoms with Gasteiger partial charge in [-0.05, 0) is 50.6 Å². The first-order chi connectivity index (χ1) is 16.3. The SMILES string of the molecule is Cc1cc(-c2ccn3nc(Nc4cc(C)c(=O)n(C)n4)cc3c2)c(OC[C@@](C)(N)C(F)(F)F)cn1. The molecule has 0 unspecified atom stereocenters. The normalized spacial score (nSPS) is 13.6. The fourth-order valence-corrected chi connectivity index (χ4v) is 3.37. The summed E-state index contributed by atoms with van der Waals surface area (Å²) in [6.07, 6.45) is -1.51. The number of fused-ring (bicyclic) bond motifs is 1. The molecule has 35 heavy (non-hydrogen) atoms. The lowest BCUT2D eigenvalue weighted by molar-refractivity contribution is -0.187. The third-order valence-electron chi connectivity index (χ3n) is 5.45. The van der Waals surface area contributed by atoms with Crippen LogP contribution in [-0.2, 0) is 7.05 Å². The zero-order valence-corrected chi connectivity index (χ0v) is 19.5. The standard InChI is InChI=1S/C23H24F3N7O2/c1-13-7-19(30-32(4)21(13)34)29-20-10-16-9-15(5-6-33(16)31-20)17-8-14(2)28-11-18(17)35-12-22(3,27)23(24,25)26/h5-11H,12,27H2,1-4H3,(H,29,30,31)/t22-/m1/s1. The van der Waals surface area contributed by atoms with Crippen LogP contribution in [-0.4, -0.2) is 42.7 Å². The summed E-state index contributed by atoms with van der Waals surface area (Å²) in [5.41, 5.74) is 5.91. The molecule has 0 bridgehead atoms. The van der Waals surface area contributed by atoms with E-state index < -0.39 is 18.3 Å². The molecule has 12 heteroatoms. The fraction of sp³-hybridized carbons (Fsp3) is 0.304. The number of halogens is 3. The van der Waals surface area contributed by atoms with Gasteiger partial charge in [0.25, 0.3) is 5.56 Å². The van der Waals surface area contributed by atoms with Crippen LogP contribution < -0.4 is 21.3 Å². The Bertz CT molecular complexity index is 1430. The lowest BCUT2D eigenvalue weighted by Crippen LogP contribution is -2.55. The first-order valence-electron chi connectivity index (χ1n) is 10.6. The lowest BCUT2D eigenvalue weighted by Gasteiger charge is -2.27. The topological polar surface area (TPSA) is 112 Å². The Balaban J connectivity index is 1.64. The summed E-state index contributed by atoms with van der Waals surface area (Å²) in [6, 6.07) is 8.74. The van der Waals surface area contributed by atoms with Crippen LogP contribution in [0.2, 0.25) is 0 Å². The number of aryl methyl sites for hydroxylation is 3. The van der Waals surface area contributed by atoms with Gasteiger partial charge in [-0.1, -0.05) is 0 Å². The fourth-order valence-electron chi connectivity index (χ4n) is 3.37. The second kappa shape index (κ2) is 8.69. The van der Waals surface area contributed by atoms with E-state index in [9.17, 15) is 18.0 Å². The van der Waals surface area contributed by atoms with Crippen LogP contribution in [0.15, 0.2) is 47.5 Å². The van der Waals surface area contributed by atoms with Crippen molar-refractivity contribution in [3.8, 4) is 16.9 Å². The van der Waals surface area contributed by atoms with Gasteiger partial charge in [0.05, 0.1) is 11.7 Å². The Kier molecular flexibility index (Phi) is 6.01. The van der Waals surface area contributed by atoms with E-state index in [1.54, 1.807) is 55.9 Å². The average Bonchev–Trinajstić information content (AvgIpc) is 3.17. The molecule has 4 aromatic heterocycles.